The molecule has 0 aliphatic carbocycles. The highest BCUT2D eigenvalue weighted by Crippen LogP contribution is 2.27. The predicted molar refractivity (Wildman–Crippen MR) is 96.9 cm³/mol. The Morgan fingerprint density at radius 1 is 1.17 bits per heavy atom. The molecule has 0 spiro atoms. The van der Waals surface area contributed by atoms with Gasteiger partial charge in [-0.05, 0) is 35.9 Å². The van der Waals surface area contributed by atoms with E-state index < -0.39 is 0 Å². The van der Waals surface area contributed by atoms with Gasteiger partial charge in [-0.2, -0.15) is 0 Å². The molecular formula is C16H18Cl2N4O. The highest BCUT2D eigenvalue weighted by Gasteiger charge is 2.11. The summed E-state index contributed by atoms with van der Waals surface area (Å²) in [6.45, 7) is 0.542. The summed E-state index contributed by atoms with van der Waals surface area (Å²) in [6.07, 6.45) is 0.715. The molecule has 0 radical (unpaired) electrons. The van der Waals surface area contributed by atoms with Crippen molar-refractivity contribution in [3.8, 4) is 0 Å². The van der Waals surface area contributed by atoms with Crippen LogP contribution in [-0.4, -0.2) is 25.5 Å². The molecule has 1 amide bonds. The standard InChI is InChI=1S/C16H18Cl2N4O/c1-21(2)22(10-23)16-6-5-13(8-15(16)19)20-9-11-3-4-12(17)7-14(11)18/h3-8,10,20H,9,19H2,1-2H3. The quantitative estimate of drug-likeness (QED) is 0.473. The second-order valence-electron chi connectivity index (χ2n) is 5.16. The van der Waals surface area contributed by atoms with Crippen molar-refractivity contribution >= 4 is 46.7 Å². The van der Waals surface area contributed by atoms with E-state index in [0.29, 0.717) is 34.4 Å². The topological polar surface area (TPSA) is 61.6 Å². The summed E-state index contributed by atoms with van der Waals surface area (Å²) >= 11 is 12.0. The van der Waals surface area contributed by atoms with Crippen molar-refractivity contribution in [2.45, 2.75) is 6.54 Å². The first kappa shape index (κ1) is 17.4. The highest BCUT2D eigenvalue weighted by atomic mass is 35.5. The third kappa shape index (κ3) is 4.28. The Hall–Kier alpha value is -1.95. The molecular weight excluding hydrogens is 335 g/mol. The van der Waals surface area contributed by atoms with Gasteiger partial charge in [-0.25, -0.2) is 10.0 Å². The van der Waals surface area contributed by atoms with E-state index in [1.54, 1.807) is 43.4 Å². The maximum Gasteiger partial charge on any atom is 0.228 e. The van der Waals surface area contributed by atoms with Crippen molar-refractivity contribution < 1.29 is 4.79 Å². The second kappa shape index (κ2) is 7.55. The van der Waals surface area contributed by atoms with Gasteiger partial charge < -0.3 is 11.1 Å². The molecule has 0 saturated heterocycles. The number of anilines is 3. The van der Waals surface area contributed by atoms with E-state index in [1.807, 2.05) is 12.1 Å². The summed E-state index contributed by atoms with van der Waals surface area (Å²) in [5, 5.41) is 7.53. The van der Waals surface area contributed by atoms with Gasteiger partial charge in [-0.1, -0.05) is 29.3 Å². The normalized spacial score (nSPS) is 10.7. The fourth-order valence-electron chi connectivity index (χ4n) is 2.10. The van der Waals surface area contributed by atoms with Crippen molar-refractivity contribution in [2.24, 2.45) is 0 Å². The summed E-state index contributed by atoms with van der Waals surface area (Å²) in [5.41, 5.74) is 8.93. The molecule has 0 unspecified atom stereocenters. The van der Waals surface area contributed by atoms with Gasteiger partial charge in [0.05, 0.1) is 11.4 Å². The van der Waals surface area contributed by atoms with Gasteiger partial charge in [0, 0.05) is 36.4 Å². The number of benzene rings is 2. The Labute approximate surface area is 145 Å². The minimum atomic E-state index is 0.498. The van der Waals surface area contributed by atoms with Gasteiger partial charge in [-0.3, -0.25) is 4.79 Å². The molecule has 0 aliphatic rings. The minimum Gasteiger partial charge on any atom is -0.397 e. The van der Waals surface area contributed by atoms with E-state index in [1.165, 1.54) is 5.01 Å². The van der Waals surface area contributed by atoms with Crippen LogP contribution in [-0.2, 0) is 11.3 Å². The van der Waals surface area contributed by atoms with Crippen LogP contribution in [0.1, 0.15) is 5.56 Å². The van der Waals surface area contributed by atoms with Gasteiger partial charge in [0.2, 0.25) is 6.41 Å². The lowest BCUT2D eigenvalue weighted by Gasteiger charge is -2.26. The van der Waals surface area contributed by atoms with Crippen molar-refractivity contribution in [3.05, 3.63) is 52.0 Å². The van der Waals surface area contributed by atoms with Crippen LogP contribution in [0.15, 0.2) is 36.4 Å². The number of nitrogens with one attached hydrogen (secondary N) is 1. The number of hydrazine groups is 1. The number of carbonyl (C=O) groups is 1. The molecule has 0 fully saturated rings. The Kier molecular flexibility index (Phi) is 5.71. The zero-order valence-corrected chi connectivity index (χ0v) is 14.4. The van der Waals surface area contributed by atoms with Crippen LogP contribution >= 0.6 is 23.2 Å². The average Bonchev–Trinajstić information content (AvgIpc) is 2.48. The van der Waals surface area contributed by atoms with Gasteiger partial charge in [0.15, 0.2) is 0 Å². The van der Waals surface area contributed by atoms with Crippen molar-refractivity contribution in [1.82, 2.24) is 5.01 Å². The first-order valence-electron chi connectivity index (χ1n) is 6.91. The van der Waals surface area contributed by atoms with Gasteiger partial charge in [-0.15, -0.1) is 0 Å². The molecule has 2 aromatic rings. The zero-order valence-electron chi connectivity index (χ0n) is 12.9. The van der Waals surface area contributed by atoms with E-state index in [0.717, 1.165) is 11.3 Å². The van der Waals surface area contributed by atoms with E-state index in [-0.39, 0.29) is 0 Å². The average molecular weight is 353 g/mol. The van der Waals surface area contributed by atoms with Crippen LogP contribution in [0.2, 0.25) is 10.0 Å². The Morgan fingerprint density at radius 2 is 1.91 bits per heavy atom. The lowest BCUT2D eigenvalue weighted by molar-refractivity contribution is -0.109. The summed E-state index contributed by atoms with van der Waals surface area (Å²) in [5.74, 6) is 0. The molecule has 0 aliphatic heterocycles. The number of nitrogens with zero attached hydrogens (tertiary/aromatic N) is 2. The smallest absolute Gasteiger partial charge is 0.228 e. The van der Waals surface area contributed by atoms with Crippen LogP contribution in [0, 0.1) is 0 Å². The summed E-state index contributed by atoms with van der Waals surface area (Å²) in [4.78, 5) is 11.1. The number of amides is 1. The molecule has 2 aromatic carbocycles. The maximum atomic E-state index is 11.1. The Bertz CT molecular complexity index is 706. The lowest BCUT2D eigenvalue weighted by Crippen LogP contribution is -2.36. The molecule has 122 valence electrons. The fraction of sp³-hybridized carbons (Fsp3) is 0.188. The number of halogens is 2. The van der Waals surface area contributed by atoms with Crippen LogP contribution in [0.5, 0.6) is 0 Å². The van der Waals surface area contributed by atoms with Crippen LogP contribution in [0.4, 0.5) is 17.1 Å². The van der Waals surface area contributed by atoms with Crippen LogP contribution in [0.25, 0.3) is 0 Å². The van der Waals surface area contributed by atoms with E-state index in [4.69, 9.17) is 28.9 Å². The van der Waals surface area contributed by atoms with Crippen molar-refractivity contribution in [2.75, 3.05) is 30.2 Å². The number of nitrogen functional groups attached to an aromatic ring is 1. The summed E-state index contributed by atoms with van der Waals surface area (Å²) < 4.78 is 0. The summed E-state index contributed by atoms with van der Waals surface area (Å²) in [7, 11) is 3.53. The SMILES string of the molecule is CN(C)N(C=O)c1ccc(NCc2ccc(Cl)cc2Cl)cc1N. The van der Waals surface area contributed by atoms with Crippen molar-refractivity contribution in [3.63, 3.8) is 0 Å². The maximum absolute atomic E-state index is 11.1. The van der Waals surface area contributed by atoms with Gasteiger partial charge in [0.1, 0.15) is 0 Å². The fourth-order valence-corrected chi connectivity index (χ4v) is 2.58. The number of rotatable bonds is 6. The molecule has 23 heavy (non-hydrogen) atoms. The van der Waals surface area contributed by atoms with Crippen LogP contribution < -0.4 is 16.1 Å². The Balaban J connectivity index is 2.13. The third-order valence-electron chi connectivity index (χ3n) is 3.30. The third-order valence-corrected chi connectivity index (χ3v) is 3.89. The predicted octanol–water partition coefficient (Wildman–Crippen LogP) is 3.63. The first-order chi connectivity index (χ1) is 10.9. The largest absolute Gasteiger partial charge is 0.397 e. The molecule has 0 heterocycles. The van der Waals surface area contributed by atoms with E-state index >= 15 is 0 Å². The first-order valence-corrected chi connectivity index (χ1v) is 7.67. The zero-order chi connectivity index (χ0) is 17.0. The molecule has 0 saturated carbocycles. The lowest BCUT2D eigenvalue weighted by atomic mass is 10.2. The summed E-state index contributed by atoms with van der Waals surface area (Å²) in [6, 6.07) is 10.8. The molecule has 2 rings (SSSR count). The van der Waals surface area contributed by atoms with E-state index in [9.17, 15) is 4.79 Å². The van der Waals surface area contributed by atoms with Gasteiger partial charge in [0.25, 0.3) is 0 Å². The highest BCUT2D eigenvalue weighted by molar-refractivity contribution is 6.35. The van der Waals surface area contributed by atoms with Gasteiger partial charge >= 0.3 is 0 Å². The second-order valence-corrected chi connectivity index (χ2v) is 6.00. The molecule has 5 nitrogen and oxygen atoms in total. The molecule has 0 aromatic heterocycles. The molecule has 7 heteroatoms. The molecule has 3 N–H and O–H groups in total. The van der Waals surface area contributed by atoms with Crippen molar-refractivity contribution in [1.29, 1.82) is 0 Å². The number of carbonyl (C=O) groups excluding carboxylic acids is 1. The van der Waals surface area contributed by atoms with E-state index in [2.05, 4.69) is 5.32 Å². The minimum absolute atomic E-state index is 0.498. The monoisotopic (exact) mass is 352 g/mol. The molecule has 0 atom stereocenters. The van der Waals surface area contributed by atoms with Crippen LogP contribution in [0.3, 0.4) is 0 Å². The Morgan fingerprint density at radius 3 is 2.48 bits per heavy atom. The number of hydrogen-bond acceptors (Lipinski definition) is 4. The number of nitrogens with two attached hydrogens (primary N) is 1. The number of hydrogen-bond donors (Lipinski definition) is 2. The molecule has 0 bridgehead atoms.